The largest absolute Gasteiger partial charge is 0.455 e. The van der Waals surface area contributed by atoms with Crippen LogP contribution in [0, 0.1) is 0 Å². The molecule has 2 unspecified atom stereocenters. The first-order valence-corrected chi connectivity index (χ1v) is 12.7. The summed E-state index contributed by atoms with van der Waals surface area (Å²) in [6, 6.07) is 9.74. The van der Waals surface area contributed by atoms with Gasteiger partial charge in [0.2, 0.25) is 0 Å². The predicted molar refractivity (Wildman–Crippen MR) is 133 cm³/mol. The number of hydrogen-bond acceptors (Lipinski definition) is 6. The van der Waals surface area contributed by atoms with E-state index >= 15 is 0 Å². The van der Waals surface area contributed by atoms with Crippen molar-refractivity contribution in [2.75, 3.05) is 5.75 Å². The number of ether oxygens (including phenoxy) is 1. The molecule has 0 spiro atoms. The Balaban J connectivity index is 2.23. The summed E-state index contributed by atoms with van der Waals surface area (Å²) in [6.07, 6.45) is 6.22. The fourth-order valence-electron chi connectivity index (χ4n) is 3.72. The number of aliphatic hydroxyl groups excluding tert-OH is 1. The van der Waals surface area contributed by atoms with Crippen molar-refractivity contribution < 1.29 is 9.84 Å². The monoisotopic (exact) mass is 449 g/mol. The highest BCUT2D eigenvalue weighted by atomic mass is 32.2. The molecule has 31 heavy (non-hydrogen) atoms. The van der Waals surface area contributed by atoms with Crippen molar-refractivity contribution in [3.63, 3.8) is 0 Å². The van der Waals surface area contributed by atoms with Crippen molar-refractivity contribution in [2.24, 2.45) is 4.99 Å². The van der Waals surface area contributed by atoms with E-state index in [1.165, 1.54) is 32.1 Å². The van der Waals surface area contributed by atoms with E-state index in [9.17, 15) is 5.11 Å². The molecule has 0 aliphatic carbocycles. The van der Waals surface area contributed by atoms with E-state index in [0.717, 1.165) is 23.1 Å². The van der Waals surface area contributed by atoms with Crippen LogP contribution in [0.3, 0.4) is 0 Å². The van der Waals surface area contributed by atoms with E-state index in [2.05, 4.69) is 48.5 Å². The van der Waals surface area contributed by atoms with E-state index < -0.39 is 12.7 Å². The molecule has 0 aromatic heterocycles. The normalized spacial score (nSPS) is 20.6. The van der Waals surface area contributed by atoms with Crippen molar-refractivity contribution in [3.8, 4) is 5.75 Å². The van der Waals surface area contributed by atoms with Crippen molar-refractivity contribution >= 4 is 16.9 Å². The minimum atomic E-state index is -0.821. The number of para-hydroxylation sites is 1. The van der Waals surface area contributed by atoms with E-state index in [1.54, 1.807) is 11.8 Å². The molecule has 0 saturated carbocycles. The molecule has 1 heterocycles. The number of thioether (sulfide) groups is 1. The molecule has 0 radical (unpaired) electrons. The SMILES string of the molecule is CCCCCCCCSC1=NC(Oc2ccccc2)N(C(C)(C)C)C(O)N1C(C)(C)C. The van der Waals surface area contributed by atoms with Crippen molar-refractivity contribution in [1.82, 2.24) is 9.80 Å². The lowest BCUT2D eigenvalue weighted by atomic mass is 10.0. The van der Waals surface area contributed by atoms with Gasteiger partial charge in [0.25, 0.3) is 6.35 Å². The van der Waals surface area contributed by atoms with E-state index in [1.807, 2.05) is 40.1 Å². The first-order valence-electron chi connectivity index (χ1n) is 11.7. The highest BCUT2D eigenvalue weighted by Crippen LogP contribution is 2.35. The number of benzene rings is 1. The highest BCUT2D eigenvalue weighted by Gasteiger charge is 2.46. The Morgan fingerprint density at radius 3 is 2.13 bits per heavy atom. The topological polar surface area (TPSA) is 48.3 Å². The molecular formula is C25H43N3O2S. The van der Waals surface area contributed by atoms with Crippen LogP contribution >= 0.6 is 11.8 Å². The molecule has 1 aliphatic heterocycles. The van der Waals surface area contributed by atoms with Gasteiger partial charge in [0.15, 0.2) is 11.5 Å². The Bertz CT molecular complexity index is 682. The van der Waals surface area contributed by atoms with Gasteiger partial charge in [0.1, 0.15) is 5.75 Å². The average Bonchev–Trinajstić information content (AvgIpc) is 2.65. The van der Waals surface area contributed by atoms with Crippen LogP contribution in [0.25, 0.3) is 0 Å². The van der Waals surface area contributed by atoms with E-state index in [-0.39, 0.29) is 11.1 Å². The van der Waals surface area contributed by atoms with Crippen LogP contribution in [0.2, 0.25) is 0 Å². The molecule has 0 fully saturated rings. The lowest BCUT2D eigenvalue weighted by Gasteiger charge is -2.53. The minimum absolute atomic E-state index is 0.270. The lowest BCUT2D eigenvalue weighted by molar-refractivity contribution is -0.202. The number of rotatable bonds is 9. The molecule has 6 heteroatoms. The quantitative estimate of drug-likeness (QED) is 0.449. The summed E-state index contributed by atoms with van der Waals surface area (Å²) in [5.41, 5.74) is -0.602. The fourth-order valence-corrected chi connectivity index (χ4v) is 4.93. The predicted octanol–water partition coefficient (Wildman–Crippen LogP) is 6.29. The van der Waals surface area contributed by atoms with E-state index in [0.29, 0.717) is 0 Å². The average molecular weight is 450 g/mol. The molecule has 0 saturated heterocycles. The van der Waals surface area contributed by atoms with Gasteiger partial charge in [0, 0.05) is 16.8 Å². The lowest BCUT2D eigenvalue weighted by Crippen LogP contribution is -2.68. The number of nitrogens with zero attached hydrogens (tertiary/aromatic N) is 3. The summed E-state index contributed by atoms with van der Waals surface area (Å²) in [5, 5.41) is 12.4. The molecule has 0 amide bonds. The Morgan fingerprint density at radius 1 is 0.935 bits per heavy atom. The van der Waals surface area contributed by atoms with Gasteiger partial charge in [-0.25, -0.2) is 4.99 Å². The Labute approximate surface area is 194 Å². The van der Waals surface area contributed by atoms with E-state index in [4.69, 9.17) is 9.73 Å². The summed E-state index contributed by atoms with van der Waals surface area (Å²) in [5.74, 6) is 1.75. The molecule has 5 nitrogen and oxygen atoms in total. The van der Waals surface area contributed by atoms with Crippen LogP contribution in [0.1, 0.15) is 87.0 Å². The van der Waals surface area contributed by atoms with Crippen molar-refractivity contribution in [1.29, 1.82) is 0 Å². The molecule has 176 valence electrons. The fraction of sp³-hybridized carbons (Fsp3) is 0.720. The number of unbranched alkanes of at least 4 members (excludes halogenated alkanes) is 5. The molecule has 1 aromatic carbocycles. The standard InChI is InChI=1S/C25H43N3O2S/c1-8-9-10-11-12-16-19-31-22-26-21(30-20-17-14-13-15-18-20)27(24(2,3)4)23(29)28(22)25(5,6)7/h13-15,17-18,21,23,29H,8-12,16,19H2,1-7H3. The molecule has 1 aromatic rings. The van der Waals surface area contributed by atoms with Crippen LogP contribution in [0.5, 0.6) is 5.75 Å². The van der Waals surface area contributed by atoms with Crippen molar-refractivity contribution in [2.45, 2.75) is 111 Å². The Hall–Kier alpha value is -1.24. The van der Waals surface area contributed by atoms with Gasteiger partial charge >= 0.3 is 0 Å². The number of hydrogen-bond donors (Lipinski definition) is 1. The molecule has 2 rings (SSSR count). The van der Waals surface area contributed by atoms with Gasteiger partial charge < -0.3 is 14.7 Å². The second-order valence-corrected chi connectivity index (χ2v) is 11.3. The van der Waals surface area contributed by atoms with Crippen LogP contribution in [-0.2, 0) is 0 Å². The maximum atomic E-state index is 11.5. The second kappa shape index (κ2) is 11.6. The van der Waals surface area contributed by atoms with Crippen LogP contribution < -0.4 is 4.74 Å². The number of amidine groups is 1. The minimum Gasteiger partial charge on any atom is -0.455 e. The maximum absolute atomic E-state index is 11.5. The molecule has 2 atom stereocenters. The van der Waals surface area contributed by atoms with Gasteiger partial charge in [0.05, 0.1) is 0 Å². The first kappa shape index (κ1) is 26.0. The summed E-state index contributed by atoms with van der Waals surface area (Å²) >= 11 is 1.74. The van der Waals surface area contributed by atoms with Gasteiger partial charge in [-0.05, 0) is 60.1 Å². The summed E-state index contributed by atoms with van der Waals surface area (Å²) in [4.78, 5) is 9.00. The summed E-state index contributed by atoms with van der Waals surface area (Å²) in [7, 11) is 0. The molecular weight excluding hydrogens is 406 g/mol. The summed E-state index contributed by atoms with van der Waals surface area (Å²) < 4.78 is 6.27. The van der Waals surface area contributed by atoms with Crippen LogP contribution in [-0.4, -0.2) is 49.6 Å². The van der Waals surface area contributed by atoms with Gasteiger partial charge in [-0.3, -0.25) is 0 Å². The zero-order chi connectivity index (χ0) is 23.1. The first-order chi connectivity index (χ1) is 14.6. The third-order valence-corrected chi connectivity index (χ3v) is 6.41. The van der Waals surface area contributed by atoms with Gasteiger partial charge in [-0.1, -0.05) is 69.0 Å². The van der Waals surface area contributed by atoms with Crippen molar-refractivity contribution in [3.05, 3.63) is 30.3 Å². The van der Waals surface area contributed by atoms with Crippen LogP contribution in [0.4, 0.5) is 0 Å². The maximum Gasteiger partial charge on any atom is 0.255 e. The highest BCUT2D eigenvalue weighted by molar-refractivity contribution is 8.13. The second-order valence-electron chi connectivity index (χ2n) is 10.3. The Kier molecular flexibility index (Phi) is 9.71. The Morgan fingerprint density at radius 2 is 1.55 bits per heavy atom. The molecule has 1 aliphatic rings. The summed E-state index contributed by atoms with van der Waals surface area (Å²) in [6.45, 7) is 14.9. The number of aliphatic hydroxyl groups is 1. The molecule has 0 bridgehead atoms. The smallest absolute Gasteiger partial charge is 0.255 e. The number of aliphatic imine (C=N–C) groups is 1. The van der Waals surface area contributed by atoms with Gasteiger partial charge in [-0.15, -0.1) is 0 Å². The zero-order valence-electron chi connectivity index (χ0n) is 20.6. The zero-order valence-corrected chi connectivity index (χ0v) is 21.4. The van der Waals surface area contributed by atoms with Gasteiger partial charge in [-0.2, -0.15) is 4.90 Å². The van der Waals surface area contributed by atoms with Crippen LogP contribution in [0.15, 0.2) is 35.3 Å². The molecule has 1 N–H and O–H groups in total. The third kappa shape index (κ3) is 7.69. The third-order valence-electron chi connectivity index (χ3n) is 5.36.